The van der Waals surface area contributed by atoms with Crippen molar-refractivity contribution in [2.75, 3.05) is 34.4 Å². The first-order chi connectivity index (χ1) is 26.3. The fraction of sp³-hybridized carbons (Fsp3) is 0.432. The molecule has 0 bridgehead atoms. The van der Waals surface area contributed by atoms with Crippen LogP contribution in [0.5, 0.6) is 6.01 Å². The Kier molecular flexibility index (Phi) is 12.1. The lowest BCUT2D eigenvalue weighted by Crippen LogP contribution is -2.43. The molecule has 292 valence electrons. The first-order valence-electron chi connectivity index (χ1n) is 18.0. The molecule has 0 saturated heterocycles. The van der Waals surface area contributed by atoms with Crippen LogP contribution in [0.1, 0.15) is 80.1 Å². The number of anilines is 5. The molecule has 0 spiro atoms. The van der Waals surface area contributed by atoms with E-state index in [-0.39, 0.29) is 47.8 Å². The van der Waals surface area contributed by atoms with Crippen LogP contribution in [0.25, 0.3) is 0 Å². The van der Waals surface area contributed by atoms with Gasteiger partial charge in [0.05, 0.1) is 5.54 Å². The van der Waals surface area contributed by atoms with E-state index in [1.54, 1.807) is 12.1 Å². The van der Waals surface area contributed by atoms with Crippen molar-refractivity contribution in [2.45, 2.75) is 88.0 Å². The van der Waals surface area contributed by atoms with Crippen LogP contribution in [-0.2, 0) is 10.3 Å². The fourth-order valence-corrected chi connectivity index (χ4v) is 6.58. The number of benzene rings is 2. The number of nitrogens with zero attached hydrogens (tertiary/aromatic N) is 3. The summed E-state index contributed by atoms with van der Waals surface area (Å²) in [6.45, 7) is -1.62. The summed E-state index contributed by atoms with van der Waals surface area (Å²) in [4.78, 5) is 62.0. The van der Waals surface area contributed by atoms with Crippen LogP contribution in [-0.4, -0.2) is 63.3 Å². The van der Waals surface area contributed by atoms with Gasteiger partial charge in [-0.2, -0.15) is 28.1 Å². The summed E-state index contributed by atoms with van der Waals surface area (Å²) in [5.41, 5.74) is -0.120. The molecule has 18 heteroatoms. The normalized spacial score (nSPS) is 16.3. The molecule has 0 aliphatic heterocycles. The number of amides is 1. The molecule has 6 rings (SSSR count). The zero-order valence-electron chi connectivity index (χ0n) is 29.6. The maximum atomic E-state index is 13.0. The highest BCUT2D eigenvalue weighted by atomic mass is 35.5. The monoisotopic (exact) mass is 784 g/mol. The summed E-state index contributed by atoms with van der Waals surface area (Å²) in [6.07, 6.45) is 3.99. The van der Waals surface area contributed by atoms with E-state index < -0.39 is 53.1 Å². The predicted molar refractivity (Wildman–Crippen MR) is 200 cm³/mol. The molecule has 1 amide bonds. The minimum absolute atomic E-state index is 0.00255. The Labute approximate surface area is 318 Å². The van der Waals surface area contributed by atoms with Crippen LogP contribution in [0.2, 0.25) is 5.02 Å². The van der Waals surface area contributed by atoms with Gasteiger partial charge in [-0.25, -0.2) is 4.79 Å². The van der Waals surface area contributed by atoms with Gasteiger partial charge in [0.1, 0.15) is 17.4 Å². The Morgan fingerprint density at radius 3 is 2.16 bits per heavy atom. The molecule has 1 heterocycles. The summed E-state index contributed by atoms with van der Waals surface area (Å²) in [6, 6.07) is 11.1. The Balaban J connectivity index is 1.07. The van der Waals surface area contributed by atoms with E-state index >= 15 is 0 Å². The molecule has 0 radical (unpaired) electrons. The standard InChI is InChI=1S/C37H40ClF3N8O6/c38-23-12-10-22(11-13-23)36(17-18-36)49-34-46-33(47-35(48-34)55-20-37(39,40)41)44-25-14-8-21(9-15-25)31(52)45-26(32(53)54)16-19-42-27-28(30(51)29(27)50)43-24-6-4-2-1-3-5-7-24/h8-15,24,26,42-43H,1-7,16-20H2,(H,45,52)(H,53,54)(H2,44,46,47,48,49)/t26-/m0/s1. The maximum Gasteiger partial charge on any atom is 0.422 e. The highest BCUT2D eigenvalue weighted by Crippen LogP contribution is 2.48. The van der Waals surface area contributed by atoms with E-state index in [9.17, 15) is 37.5 Å². The quantitative estimate of drug-likeness (QED) is 0.0712. The van der Waals surface area contributed by atoms with Crippen LogP contribution in [0.4, 0.5) is 42.1 Å². The van der Waals surface area contributed by atoms with Gasteiger partial charge in [-0.15, -0.1) is 0 Å². The van der Waals surface area contributed by atoms with Crippen LogP contribution in [0.3, 0.4) is 0 Å². The number of rotatable bonds is 16. The van der Waals surface area contributed by atoms with Crippen LogP contribution in [0.15, 0.2) is 58.1 Å². The predicted octanol–water partition coefficient (Wildman–Crippen LogP) is 6.12. The topological polar surface area (TPSA) is 197 Å². The van der Waals surface area contributed by atoms with Crippen molar-refractivity contribution in [1.82, 2.24) is 20.3 Å². The number of carbonyl (C=O) groups is 2. The van der Waals surface area contributed by atoms with Crippen molar-refractivity contribution in [2.24, 2.45) is 0 Å². The van der Waals surface area contributed by atoms with Gasteiger partial charge in [0.25, 0.3) is 16.8 Å². The first-order valence-corrected chi connectivity index (χ1v) is 18.4. The number of carboxylic acids is 1. The zero-order chi connectivity index (χ0) is 39.2. The lowest BCUT2D eigenvalue weighted by atomic mass is 9.96. The van der Waals surface area contributed by atoms with Crippen molar-refractivity contribution < 1.29 is 32.6 Å². The molecule has 2 saturated carbocycles. The van der Waals surface area contributed by atoms with Gasteiger partial charge in [-0.3, -0.25) is 14.4 Å². The Hall–Kier alpha value is -5.45. The average Bonchev–Trinajstić information content (AvgIpc) is 3.92. The summed E-state index contributed by atoms with van der Waals surface area (Å²) < 4.78 is 43.7. The second kappa shape index (κ2) is 16.9. The summed E-state index contributed by atoms with van der Waals surface area (Å²) in [7, 11) is 0. The molecule has 6 N–H and O–H groups in total. The number of carboxylic acid groups (broad SMARTS) is 1. The molecule has 2 fully saturated rings. The molecule has 1 atom stereocenters. The van der Waals surface area contributed by atoms with Crippen LogP contribution >= 0.6 is 11.6 Å². The molecule has 14 nitrogen and oxygen atoms in total. The van der Waals surface area contributed by atoms with Gasteiger partial charge in [0.15, 0.2) is 6.61 Å². The number of aliphatic carboxylic acids is 1. The van der Waals surface area contributed by atoms with Crippen molar-refractivity contribution in [3.05, 3.63) is 85.1 Å². The van der Waals surface area contributed by atoms with E-state index in [2.05, 4.69) is 41.5 Å². The van der Waals surface area contributed by atoms with Gasteiger partial charge >= 0.3 is 18.2 Å². The molecule has 3 aromatic carbocycles. The number of ether oxygens (including phenoxy) is 1. The van der Waals surface area contributed by atoms with E-state index in [0.717, 1.165) is 44.1 Å². The maximum absolute atomic E-state index is 13.0. The number of nitrogens with one attached hydrogen (secondary N) is 5. The Morgan fingerprint density at radius 2 is 1.53 bits per heavy atom. The fourth-order valence-electron chi connectivity index (χ4n) is 6.45. The molecule has 1 aromatic heterocycles. The van der Waals surface area contributed by atoms with Gasteiger partial charge in [0.2, 0.25) is 11.9 Å². The number of carbonyl (C=O) groups excluding carboxylic acids is 1. The highest BCUT2D eigenvalue weighted by molar-refractivity contribution is 6.30. The molecule has 2 aliphatic carbocycles. The lowest BCUT2D eigenvalue weighted by molar-refractivity contribution is -0.154. The van der Waals surface area contributed by atoms with Crippen molar-refractivity contribution >= 4 is 52.4 Å². The molecular weight excluding hydrogens is 745 g/mol. The Morgan fingerprint density at radius 1 is 0.891 bits per heavy atom. The first kappa shape index (κ1) is 39.2. The minimum atomic E-state index is -4.64. The average molecular weight is 785 g/mol. The molecule has 4 aromatic rings. The third kappa shape index (κ3) is 10.4. The zero-order valence-corrected chi connectivity index (χ0v) is 30.4. The molecular formula is C37H40ClF3N8O6. The van der Waals surface area contributed by atoms with E-state index in [4.69, 9.17) is 16.3 Å². The summed E-state index contributed by atoms with van der Waals surface area (Å²) in [5.74, 6) is -2.15. The number of aromatic nitrogens is 3. The van der Waals surface area contributed by atoms with E-state index in [1.165, 1.54) is 30.7 Å². The number of halogens is 4. The van der Waals surface area contributed by atoms with Crippen molar-refractivity contribution in [3.63, 3.8) is 0 Å². The van der Waals surface area contributed by atoms with Gasteiger partial charge in [0, 0.05) is 28.9 Å². The van der Waals surface area contributed by atoms with Crippen molar-refractivity contribution in [1.29, 1.82) is 0 Å². The Bertz CT molecular complexity index is 2050. The third-order valence-electron chi connectivity index (χ3n) is 9.58. The minimum Gasteiger partial charge on any atom is -0.480 e. The molecule has 2 aliphatic rings. The van der Waals surface area contributed by atoms with Crippen LogP contribution in [0, 0.1) is 0 Å². The second-order valence-electron chi connectivity index (χ2n) is 13.8. The smallest absolute Gasteiger partial charge is 0.422 e. The second-order valence-corrected chi connectivity index (χ2v) is 14.2. The highest BCUT2D eigenvalue weighted by Gasteiger charge is 2.45. The van der Waals surface area contributed by atoms with Gasteiger partial charge < -0.3 is 36.4 Å². The number of hydrogen-bond acceptors (Lipinski definition) is 12. The van der Waals surface area contributed by atoms with Gasteiger partial charge in [-0.1, -0.05) is 55.8 Å². The third-order valence-corrected chi connectivity index (χ3v) is 9.84. The van der Waals surface area contributed by atoms with E-state index in [1.807, 2.05) is 12.1 Å². The SMILES string of the molecule is O=C(N[C@@H](CCNc1c(NC2CCCCCCC2)c(=O)c1=O)C(=O)O)c1ccc(Nc2nc(NC3(c4ccc(Cl)cc4)CC3)nc(OCC(F)(F)F)n2)cc1. The summed E-state index contributed by atoms with van der Waals surface area (Å²) >= 11 is 6.03. The van der Waals surface area contributed by atoms with E-state index in [0.29, 0.717) is 23.6 Å². The van der Waals surface area contributed by atoms with Gasteiger partial charge in [-0.05, 0) is 74.1 Å². The molecule has 0 unspecified atom stereocenters. The number of alkyl halides is 3. The van der Waals surface area contributed by atoms with Crippen LogP contribution < -0.4 is 42.2 Å². The summed E-state index contributed by atoms with van der Waals surface area (Å²) in [5, 5.41) is 25.0. The lowest BCUT2D eigenvalue weighted by Gasteiger charge is -2.24. The van der Waals surface area contributed by atoms with Crippen molar-refractivity contribution in [3.8, 4) is 6.01 Å². The number of hydrogen-bond donors (Lipinski definition) is 6. The largest absolute Gasteiger partial charge is 0.480 e. The molecule has 55 heavy (non-hydrogen) atoms.